The molecule has 1 unspecified atom stereocenters. The number of benzene rings is 1. The van der Waals surface area contributed by atoms with Gasteiger partial charge in [-0.2, -0.15) is 0 Å². The second-order valence-electron chi connectivity index (χ2n) is 5.15. The summed E-state index contributed by atoms with van der Waals surface area (Å²) in [5.41, 5.74) is 3.31. The van der Waals surface area contributed by atoms with Crippen molar-refractivity contribution >= 4 is 15.9 Å². The van der Waals surface area contributed by atoms with Crippen molar-refractivity contribution in [2.75, 3.05) is 6.54 Å². The molecule has 0 spiro atoms. The van der Waals surface area contributed by atoms with Crippen LogP contribution in [0.25, 0.3) is 0 Å². The van der Waals surface area contributed by atoms with Gasteiger partial charge in [-0.1, -0.05) is 35.0 Å². The Hall–Kier alpha value is -1.26. The molecule has 0 amide bonds. The molecule has 1 heterocycles. The molecule has 0 saturated carbocycles. The zero-order valence-electron chi connectivity index (χ0n) is 12.4. The van der Waals surface area contributed by atoms with Gasteiger partial charge in [-0.25, -0.2) is 4.39 Å². The molecule has 0 bridgehead atoms. The van der Waals surface area contributed by atoms with Gasteiger partial charge >= 0.3 is 0 Å². The van der Waals surface area contributed by atoms with Crippen LogP contribution in [0, 0.1) is 12.7 Å². The van der Waals surface area contributed by atoms with Crippen LogP contribution in [0.1, 0.15) is 36.2 Å². The molecule has 21 heavy (non-hydrogen) atoms. The third kappa shape index (κ3) is 4.35. The molecule has 1 atom stereocenters. The lowest BCUT2D eigenvalue weighted by atomic mass is 9.99. The molecule has 0 fully saturated rings. The van der Waals surface area contributed by atoms with Gasteiger partial charge in [0.05, 0.1) is 11.7 Å². The maximum atomic E-state index is 13.2. The third-order valence-electron chi connectivity index (χ3n) is 3.46. The van der Waals surface area contributed by atoms with E-state index in [0.717, 1.165) is 35.1 Å². The molecule has 2 rings (SSSR count). The lowest BCUT2D eigenvalue weighted by Crippen LogP contribution is -2.25. The number of nitrogens with zero attached hydrogens (tertiary/aromatic N) is 1. The van der Waals surface area contributed by atoms with Crippen molar-refractivity contribution < 1.29 is 4.39 Å². The standard InChI is InChI=1S/C17H20BrFN2/c1-3-8-20-16(17-12(2)5-4-9-21-17)10-13-6-7-14(19)11-15(13)18/h4-7,9,11,16,20H,3,8,10H2,1-2H3. The quantitative estimate of drug-likeness (QED) is 0.824. The Labute approximate surface area is 133 Å². The minimum atomic E-state index is -0.224. The van der Waals surface area contributed by atoms with E-state index in [9.17, 15) is 4.39 Å². The van der Waals surface area contributed by atoms with Gasteiger partial charge in [-0.15, -0.1) is 0 Å². The van der Waals surface area contributed by atoms with Crippen LogP contribution in [-0.2, 0) is 6.42 Å². The number of rotatable bonds is 6. The molecule has 0 saturated heterocycles. The van der Waals surface area contributed by atoms with Crippen molar-refractivity contribution in [3.05, 3.63) is 63.6 Å². The summed E-state index contributed by atoms with van der Waals surface area (Å²) >= 11 is 3.45. The largest absolute Gasteiger partial charge is 0.308 e. The van der Waals surface area contributed by atoms with Gasteiger partial charge in [-0.05, 0) is 55.6 Å². The van der Waals surface area contributed by atoms with Crippen molar-refractivity contribution in [2.24, 2.45) is 0 Å². The van der Waals surface area contributed by atoms with E-state index in [1.54, 1.807) is 0 Å². The molecule has 112 valence electrons. The van der Waals surface area contributed by atoms with E-state index in [1.807, 2.05) is 18.3 Å². The highest BCUT2D eigenvalue weighted by atomic mass is 79.9. The third-order valence-corrected chi connectivity index (χ3v) is 4.20. The summed E-state index contributed by atoms with van der Waals surface area (Å²) in [7, 11) is 0. The number of halogens is 2. The Morgan fingerprint density at radius 3 is 2.81 bits per heavy atom. The summed E-state index contributed by atoms with van der Waals surface area (Å²) in [4.78, 5) is 4.52. The van der Waals surface area contributed by atoms with Crippen molar-refractivity contribution in [2.45, 2.75) is 32.7 Å². The number of nitrogens with one attached hydrogen (secondary N) is 1. The lowest BCUT2D eigenvalue weighted by molar-refractivity contribution is 0.514. The van der Waals surface area contributed by atoms with Crippen LogP contribution in [0.15, 0.2) is 41.0 Å². The highest BCUT2D eigenvalue weighted by molar-refractivity contribution is 9.10. The second kappa shape index (κ2) is 7.66. The molecule has 0 aliphatic carbocycles. The lowest BCUT2D eigenvalue weighted by Gasteiger charge is -2.20. The number of aromatic nitrogens is 1. The van der Waals surface area contributed by atoms with Crippen LogP contribution in [-0.4, -0.2) is 11.5 Å². The fourth-order valence-electron chi connectivity index (χ4n) is 2.35. The Kier molecular flexibility index (Phi) is 5.88. The number of aryl methyl sites for hydroxylation is 1. The molecular formula is C17H20BrFN2. The van der Waals surface area contributed by atoms with Gasteiger partial charge in [-0.3, -0.25) is 4.98 Å². The van der Waals surface area contributed by atoms with Gasteiger partial charge in [0.15, 0.2) is 0 Å². The average molecular weight is 351 g/mol. The first-order valence-corrected chi connectivity index (χ1v) is 8.00. The second-order valence-corrected chi connectivity index (χ2v) is 6.01. The Bertz CT molecular complexity index is 601. The smallest absolute Gasteiger partial charge is 0.124 e. The van der Waals surface area contributed by atoms with Crippen molar-refractivity contribution in [1.82, 2.24) is 10.3 Å². The fraction of sp³-hybridized carbons (Fsp3) is 0.353. The summed E-state index contributed by atoms with van der Waals surface area (Å²) in [6.07, 6.45) is 3.66. The minimum absolute atomic E-state index is 0.132. The van der Waals surface area contributed by atoms with Gasteiger partial charge in [0.1, 0.15) is 5.82 Å². The van der Waals surface area contributed by atoms with Crippen LogP contribution in [0.4, 0.5) is 4.39 Å². The van der Waals surface area contributed by atoms with E-state index in [0.29, 0.717) is 0 Å². The predicted molar refractivity (Wildman–Crippen MR) is 87.8 cm³/mol. The van der Waals surface area contributed by atoms with Gasteiger partial charge in [0.2, 0.25) is 0 Å². The van der Waals surface area contributed by atoms with Gasteiger partial charge in [0, 0.05) is 10.7 Å². The molecule has 0 aliphatic rings. The topological polar surface area (TPSA) is 24.9 Å². The van der Waals surface area contributed by atoms with Crippen molar-refractivity contribution in [3.63, 3.8) is 0 Å². The summed E-state index contributed by atoms with van der Waals surface area (Å²) in [6.45, 7) is 5.14. The first-order chi connectivity index (χ1) is 10.1. The van der Waals surface area contributed by atoms with E-state index >= 15 is 0 Å². The molecule has 0 aliphatic heterocycles. The summed E-state index contributed by atoms with van der Waals surface area (Å²) in [6, 6.07) is 9.00. The summed E-state index contributed by atoms with van der Waals surface area (Å²) < 4.78 is 14.0. The van der Waals surface area contributed by atoms with E-state index in [2.05, 4.69) is 46.1 Å². The molecule has 2 nitrogen and oxygen atoms in total. The van der Waals surface area contributed by atoms with E-state index in [4.69, 9.17) is 0 Å². The molecule has 4 heteroatoms. The molecule has 1 aromatic carbocycles. The fourth-order valence-corrected chi connectivity index (χ4v) is 2.87. The van der Waals surface area contributed by atoms with Crippen LogP contribution < -0.4 is 5.32 Å². The van der Waals surface area contributed by atoms with Crippen LogP contribution in [0.3, 0.4) is 0 Å². The van der Waals surface area contributed by atoms with Gasteiger partial charge < -0.3 is 5.32 Å². The molecular weight excluding hydrogens is 331 g/mol. The highest BCUT2D eigenvalue weighted by Gasteiger charge is 2.16. The highest BCUT2D eigenvalue weighted by Crippen LogP contribution is 2.25. The maximum absolute atomic E-state index is 13.2. The van der Waals surface area contributed by atoms with Gasteiger partial charge in [0.25, 0.3) is 0 Å². The minimum Gasteiger partial charge on any atom is -0.308 e. The van der Waals surface area contributed by atoms with E-state index < -0.39 is 0 Å². The van der Waals surface area contributed by atoms with E-state index in [-0.39, 0.29) is 11.9 Å². The number of pyridine rings is 1. The molecule has 2 aromatic rings. The maximum Gasteiger partial charge on any atom is 0.124 e. The molecule has 1 aromatic heterocycles. The normalized spacial score (nSPS) is 12.4. The summed E-state index contributed by atoms with van der Waals surface area (Å²) in [5, 5.41) is 3.54. The Balaban J connectivity index is 2.26. The summed E-state index contributed by atoms with van der Waals surface area (Å²) in [5.74, 6) is -0.224. The monoisotopic (exact) mass is 350 g/mol. The van der Waals surface area contributed by atoms with Crippen LogP contribution >= 0.6 is 15.9 Å². The first kappa shape index (κ1) is 16.1. The van der Waals surface area contributed by atoms with E-state index in [1.165, 1.54) is 17.7 Å². The average Bonchev–Trinajstić information content (AvgIpc) is 2.46. The molecule has 1 N–H and O–H groups in total. The van der Waals surface area contributed by atoms with Crippen LogP contribution in [0.2, 0.25) is 0 Å². The Morgan fingerprint density at radius 2 is 2.14 bits per heavy atom. The predicted octanol–water partition coefficient (Wildman–Crippen LogP) is 4.58. The SMILES string of the molecule is CCCNC(Cc1ccc(F)cc1Br)c1ncccc1C. The number of hydrogen-bond donors (Lipinski definition) is 1. The zero-order valence-corrected chi connectivity index (χ0v) is 14.0. The first-order valence-electron chi connectivity index (χ1n) is 7.20. The van der Waals surface area contributed by atoms with Crippen LogP contribution in [0.5, 0.6) is 0 Å². The zero-order chi connectivity index (χ0) is 15.2. The number of hydrogen-bond acceptors (Lipinski definition) is 2. The Morgan fingerprint density at radius 1 is 1.33 bits per heavy atom. The van der Waals surface area contributed by atoms with Crippen molar-refractivity contribution in [3.8, 4) is 0 Å². The molecule has 0 radical (unpaired) electrons. The van der Waals surface area contributed by atoms with Crippen molar-refractivity contribution in [1.29, 1.82) is 0 Å².